The topological polar surface area (TPSA) is 120 Å². The van der Waals surface area contributed by atoms with E-state index in [1.807, 2.05) is 0 Å². The average molecular weight is 477 g/mol. The van der Waals surface area contributed by atoms with Crippen molar-refractivity contribution in [1.29, 1.82) is 0 Å². The number of carboxylic acid groups (broad SMARTS) is 1. The molecule has 2 N–H and O–H groups in total. The van der Waals surface area contributed by atoms with Crippen LogP contribution < -0.4 is 19.6 Å². The summed E-state index contributed by atoms with van der Waals surface area (Å²) in [5, 5.41) is 13.4. The number of carbonyl (C=O) groups excluding carboxylic acids is 1. The van der Waals surface area contributed by atoms with Gasteiger partial charge in [-0.2, -0.15) is 5.10 Å². The Kier molecular flexibility index (Phi) is 6.58. The summed E-state index contributed by atoms with van der Waals surface area (Å²) in [6.45, 7) is -0.513. The number of aliphatic carboxylic acids is 1. The molecule has 0 aliphatic heterocycles. The Balaban J connectivity index is 1.74. The van der Waals surface area contributed by atoms with Gasteiger partial charge in [-0.1, -0.05) is 12.1 Å². The summed E-state index contributed by atoms with van der Waals surface area (Å²) in [6, 6.07) is 10.2. The maximum atomic E-state index is 12.3. The minimum Gasteiger partial charge on any atom is -0.493 e. The molecule has 30 heavy (non-hydrogen) atoms. The summed E-state index contributed by atoms with van der Waals surface area (Å²) in [5.41, 5.74) is 3.44. The summed E-state index contributed by atoms with van der Waals surface area (Å²) in [6.07, 6.45) is 1.40. The summed E-state index contributed by atoms with van der Waals surface area (Å²) in [7, 11) is 2.94. The van der Waals surface area contributed by atoms with Gasteiger partial charge in [0.15, 0.2) is 35.2 Å². The largest absolute Gasteiger partial charge is 0.493 e. The molecule has 0 unspecified atom stereocenters. The predicted octanol–water partition coefficient (Wildman–Crippen LogP) is 3.44. The number of hydrogen-bond acceptors (Lipinski definition) is 7. The smallest absolute Gasteiger partial charge is 0.341 e. The molecule has 2 aromatic carbocycles. The first kappa shape index (κ1) is 21.2. The van der Waals surface area contributed by atoms with Gasteiger partial charge >= 0.3 is 11.9 Å². The second-order valence-electron chi connectivity index (χ2n) is 5.90. The van der Waals surface area contributed by atoms with E-state index >= 15 is 0 Å². The Labute approximate surface area is 179 Å². The Bertz CT molecular complexity index is 1120. The molecule has 3 rings (SSSR count). The molecular formula is C20H17BrN2O7. The van der Waals surface area contributed by atoms with Crippen molar-refractivity contribution < 1.29 is 33.3 Å². The number of nitrogens with zero attached hydrogens (tertiary/aromatic N) is 1. The molecule has 10 heteroatoms. The van der Waals surface area contributed by atoms with Gasteiger partial charge in [0.1, 0.15) is 0 Å². The van der Waals surface area contributed by atoms with Gasteiger partial charge in [-0.3, -0.25) is 4.79 Å². The summed E-state index contributed by atoms with van der Waals surface area (Å²) >= 11 is 3.31. The van der Waals surface area contributed by atoms with Crippen LogP contribution in [0.1, 0.15) is 16.1 Å². The number of furan rings is 1. The first-order valence-corrected chi connectivity index (χ1v) is 9.34. The van der Waals surface area contributed by atoms with Gasteiger partial charge in [0.2, 0.25) is 0 Å². The van der Waals surface area contributed by atoms with Crippen LogP contribution in [0.4, 0.5) is 0 Å². The zero-order valence-corrected chi connectivity index (χ0v) is 17.6. The number of nitrogens with one attached hydrogen (secondary N) is 1. The van der Waals surface area contributed by atoms with Gasteiger partial charge in [0.05, 0.1) is 24.9 Å². The molecule has 3 aromatic rings. The Morgan fingerprint density at radius 2 is 1.97 bits per heavy atom. The molecule has 0 aliphatic carbocycles. The van der Waals surface area contributed by atoms with Gasteiger partial charge in [-0.15, -0.1) is 0 Å². The van der Waals surface area contributed by atoms with Crippen LogP contribution in [0.15, 0.2) is 50.4 Å². The number of rotatable bonds is 8. The van der Waals surface area contributed by atoms with Crippen LogP contribution >= 0.6 is 15.9 Å². The highest BCUT2D eigenvalue weighted by Crippen LogP contribution is 2.36. The average Bonchev–Trinajstić information content (AvgIpc) is 3.17. The van der Waals surface area contributed by atoms with Gasteiger partial charge in [0, 0.05) is 5.39 Å². The molecule has 9 nitrogen and oxygen atoms in total. The van der Waals surface area contributed by atoms with Gasteiger partial charge in [0.25, 0.3) is 0 Å². The van der Waals surface area contributed by atoms with Crippen molar-refractivity contribution >= 4 is 45.0 Å². The molecule has 0 saturated carbocycles. The van der Waals surface area contributed by atoms with Crippen LogP contribution in [0.3, 0.4) is 0 Å². The van der Waals surface area contributed by atoms with E-state index < -0.39 is 18.5 Å². The van der Waals surface area contributed by atoms with Crippen LogP contribution in [-0.2, 0) is 4.79 Å². The fraction of sp³-hybridized carbons (Fsp3) is 0.150. The Hall–Kier alpha value is -3.53. The number of carboxylic acids is 1. The summed E-state index contributed by atoms with van der Waals surface area (Å²) in [4.78, 5) is 23.0. The highest BCUT2D eigenvalue weighted by atomic mass is 79.9. The monoisotopic (exact) mass is 476 g/mol. The zero-order valence-electron chi connectivity index (χ0n) is 16.0. The molecule has 0 spiro atoms. The second kappa shape index (κ2) is 9.31. The van der Waals surface area contributed by atoms with Gasteiger partial charge < -0.3 is 23.7 Å². The number of fused-ring (bicyclic) bond motifs is 1. The van der Waals surface area contributed by atoms with E-state index in [-0.39, 0.29) is 11.5 Å². The van der Waals surface area contributed by atoms with E-state index in [0.717, 1.165) is 5.39 Å². The number of hydrogen-bond donors (Lipinski definition) is 2. The van der Waals surface area contributed by atoms with E-state index in [4.69, 9.17) is 23.7 Å². The number of hydrazone groups is 1. The van der Waals surface area contributed by atoms with Crippen molar-refractivity contribution in [2.75, 3.05) is 20.8 Å². The number of carbonyl (C=O) groups is 2. The fourth-order valence-corrected chi connectivity index (χ4v) is 3.19. The van der Waals surface area contributed by atoms with Gasteiger partial charge in [-0.25, -0.2) is 10.2 Å². The molecule has 0 fully saturated rings. The van der Waals surface area contributed by atoms with E-state index in [2.05, 4.69) is 26.5 Å². The third-order valence-corrected chi connectivity index (χ3v) is 4.51. The van der Waals surface area contributed by atoms with Crippen molar-refractivity contribution in [3.05, 3.63) is 52.2 Å². The molecule has 0 radical (unpaired) electrons. The van der Waals surface area contributed by atoms with Crippen LogP contribution in [0.5, 0.6) is 17.2 Å². The lowest BCUT2D eigenvalue weighted by Gasteiger charge is -2.12. The van der Waals surface area contributed by atoms with E-state index in [1.165, 1.54) is 20.4 Å². The number of para-hydroxylation sites is 1. The minimum absolute atomic E-state index is 0.0860. The number of methoxy groups -OCH3 is 2. The molecule has 1 aromatic heterocycles. The van der Waals surface area contributed by atoms with E-state index in [0.29, 0.717) is 27.1 Å². The molecule has 156 valence electrons. The normalized spacial score (nSPS) is 10.9. The van der Waals surface area contributed by atoms with Crippen LogP contribution in [0.25, 0.3) is 11.0 Å². The summed E-state index contributed by atoms with van der Waals surface area (Å²) < 4.78 is 21.7. The van der Waals surface area contributed by atoms with E-state index in [9.17, 15) is 9.59 Å². The highest BCUT2D eigenvalue weighted by Gasteiger charge is 2.15. The molecular weight excluding hydrogens is 460 g/mol. The summed E-state index contributed by atoms with van der Waals surface area (Å²) in [5.74, 6) is -0.474. The quantitative estimate of drug-likeness (QED) is 0.377. The molecule has 0 atom stereocenters. The van der Waals surface area contributed by atoms with Crippen LogP contribution in [0.2, 0.25) is 0 Å². The standard InChI is InChI=1S/C20H17BrN2O7/c1-27-14-5-3-4-12-8-16(30-18(12)14)20(26)23-22-9-11-6-13(21)19(15(7-11)28-2)29-10-17(24)25/h3-9H,10H2,1-2H3,(H,23,26)(H,24,25)/b22-9-. The molecule has 1 heterocycles. The molecule has 0 bridgehead atoms. The zero-order chi connectivity index (χ0) is 21.7. The van der Waals surface area contributed by atoms with Crippen molar-refractivity contribution in [3.63, 3.8) is 0 Å². The lowest BCUT2D eigenvalue weighted by Crippen LogP contribution is -2.16. The third kappa shape index (κ3) is 4.71. The maximum absolute atomic E-state index is 12.3. The van der Waals surface area contributed by atoms with Crippen molar-refractivity contribution in [2.45, 2.75) is 0 Å². The van der Waals surface area contributed by atoms with Crippen molar-refractivity contribution in [3.8, 4) is 17.2 Å². The van der Waals surface area contributed by atoms with Gasteiger partial charge in [-0.05, 0) is 45.8 Å². The van der Waals surface area contributed by atoms with E-state index in [1.54, 1.807) is 36.4 Å². The molecule has 0 aliphatic rings. The number of ether oxygens (including phenoxy) is 3. The predicted molar refractivity (Wildman–Crippen MR) is 112 cm³/mol. The SMILES string of the molecule is COc1cc(/C=N\NC(=O)c2cc3cccc(OC)c3o2)cc(Br)c1OCC(=O)O. The fourth-order valence-electron chi connectivity index (χ4n) is 2.62. The number of benzene rings is 2. The highest BCUT2D eigenvalue weighted by molar-refractivity contribution is 9.10. The number of halogens is 1. The molecule has 0 saturated heterocycles. The lowest BCUT2D eigenvalue weighted by atomic mass is 10.2. The lowest BCUT2D eigenvalue weighted by molar-refractivity contribution is -0.139. The Morgan fingerprint density at radius 3 is 2.67 bits per heavy atom. The maximum Gasteiger partial charge on any atom is 0.341 e. The Morgan fingerprint density at radius 1 is 1.20 bits per heavy atom. The molecule has 1 amide bonds. The second-order valence-corrected chi connectivity index (χ2v) is 6.76. The number of amides is 1. The first-order valence-electron chi connectivity index (χ1n) is 8.55. The van der Waals surface area contributed by atoms with Crippen molar-refractivity contribution in [2.24, 2.45) is 5.10 Å². The van der Waals surface area contributed by atoms with Crippen LogP contribution in [0, 0.1) is 0 Å². The van der Waals surface area contributed by atoms with Crippen LogP contribution in [-0.4, -0.2) is 44.0 Å². The minimum atomic E-state index is -1.11. The third-order valence-electron chi connectivity index (χ3n) is 3.92. The van der Waals surface area contributed by atoms with Crippen molar-refractivity contribution in [1.82, 2.24) is 5.43 Å². The first-order chi connectivity index (χ1) is 14.4.